The van der Waals surface area contributed by atoms with E-state index in [9.17, 15) is 36.5 Å². The smallest absolute Gasteiger partial charge is 0.417 e. The van der Waals surface area contributed by atoms with Crippen LogP contribution in [0.4, 0.5) is 24.5 Å². The Morgan fingerprint density at radius 1 is 1.13 bits per heavy atom. The lowest BCUT2D eigenvalue weighted by atomic mass is 10.2. The summed E-state index contributed by atoms with van der Waals surface area (Å²) in [7, 11) is -4.14. The van der Waals surface area contributed by atoms with Crippen molar-refractivity contribution in [2.24, 2.45) is 5.10 Å². The second kappa shape index (κ2) is 12.1. The van der Waals surface area contributed by atoms with Crippen molar-refractivity contribution in [3.05, 3.63) is 98.6 Å². The molecule has 0 aliphatic rings. The van der Waals surface area contributed by atoms with Crippen LogP contribution in [0, 0.1) is 10.1 Å². The van der Waals surface area contributed by atoms with E-state index in [1.807, 2.05) is 0 Å². The van der Waals surface area contributed by atoms with Crippen LogP contribution in [0.25, 0.3) is 0 Å². The van der Waals surface area contributed by atoms with Gasteiger partial charge in [0.2, 0.25) is 10.0 Å². The third kappa shape index (κ3) is 8.41. The maximum Gasteiger partial charge on any atom is 0.417 e. The van der Waals surface area contributed by atoms with Crippen molar-refractivity contribution >= 4 is 45.1 Å². The molecule has 15 heteroatoms. The Balaban J connectivity index is 1.59. The van der Waals surface area contributed by atoms with Crippen molar-refractivity contribution in [3.8, 4) is 5.75 Å². The van der Waals surface area contributed by atoms with E-state index >= 15 is 0 Å². The summed E-state index contributed by atoms with van der Waals surface area (Å²) in [5, 5.41) is 13.8. The highest BCUT2D eigenvalue weighted by Gasteiger charge is 2.34. The first-order chi connectivity index (χ1) is 18.2. The number of sulfonamides is 1. The number of anilines is 1. The van der Waals surface area contributed by atoms with Crippen molar-refractivity contribution in [1.29, 1.82) is 0 Å². The van der Waals surface area contributed by atoms with Crippen LogP contribution in [-0.2, 0) is 27.6 Å². The van der Waals surface area contributed by atoms with Gasteiger partial charge in [0.15, 0.2) is 0 Å². The van der Waals surface area contributed by atoms with Gasteiger partial charge in [0, 0.05) is 12.1 Å². The standard InChI is InChI=1S/C24H20ClF3N4O6S/c1-39(36,37)31(19-8-11-22(25)21(12-19)24(26,27)28)14-23(33)30-29-13-16-4-9-20(10-5-16)38-15-17-2-6-18(7-3-17)32(34)35/h2-13H,14-15H2,1H3,(H,30,33)/b29-13-. The molecule has 0 aliphatic heterocycles. The molecule has 3 aromatic rings. The lowest BCUT2D eigenvalue weighted by molar-refractivity contribution is -0.384. The minimum absolute atomic E-state index is 0.0286. The molecule has 1 amide bonds. The highest BCUT2D eigenvalue weighted by Crippen LogP contribution is 2.37. The lowest BCUT2D eigenvalue weighted by Gasteiger charge is -2.22. The van der Waals surface area contributed by atoms with Crippen LogP contribution in [0.15, 0.2) is 71.8 Å². The van der Waals surface area contributed by atoms with Gasteiger partial charge in [0.25, 0.3) is 11.6 Å². The molecule has 0 saturated heterocycles. The molecule has 0 spiro atoms. The molecule has 0 radical (unpaired) electrons. The van der Waals surface area contributed by atoms with E-state index in [0.29, 0.717) is 21.7 Å². The fourth-order valence-corrected chi connectivity index (χ4v) is 4.23. The molecular formula is C24H20ClF3N4O6S. The molecule has 10 nitrogen and oxygen atoms in total. The number of alkyl halides is 3. The van der Waals surface area contributed by atoms with Gasteiger partial charge in [-0.1, -0.05) is 11.6 Å². The molecule has 0 fully saturated rings. The molecule has 0 saturated carbocycles. The number of halogens is 4. The fraction of sp³-hybridized carbons (Fsp3) is 0.167. The maximum absolute atomic E-state index is 13.2. The van der Waals surface area contributed by atoms with Crippen molar-refractivity contribution < 1.29 is 36.0 Å². The number of hydrogen-bond donors (Lipinski definition) is 1. The van der Waals surface area contributed by atoms with Crippen LogP contribution >= 0.6 is 11.6 Å². The molecule has 3 rings (SSSR count). The molecule has 0 bridgehead atoms. The van der Waals surface area contributed by atoms with Crippen LogP contribution in [0.1, 0.15) is 16.7 Å². The average Bonchev–Trinajstić information content (AvgIpc) is 2.86. The van der Waals surface area contributed by atoms with Gasteiger partial charge in [0.05, 0.1) is 33.7 Å². The minimum Gasteiger partial charge on any atom is -0.489 e. The van der Waals surface area contributed by atoms with Crippen molar-refractivity contribution in [2.45, 2.75) is 12.8 Å². The van der Waals surface area contributed by atoms with E-state index in [1.54, 1.807) is 36.4 Å². The summed E-state index contributed by atoms with van der Waals surface area (Å²) in [5.41, 5.74) is 1.74. The van der Waals surface area contributed by atoms with Crippen molar-refractivity contribution in [3.63, 3.8) is 0 Å². The lowest BCUT2D eigenvalue weighted by Crippen LogP contribution is -2.39. The molecule has 206 valence electrons. The highest BCUT2D eigenvalue weighted by molar-refractivity contribution is 7.92. The number of non-ortho nitro benzene ring substituents is 1. The van der Waals surface area contributed by atoms with Gasteiger partial charge < -0.3 is 4.74 Å². The monoisotopic (exact) mass is 584 g/mol. The molecule has 3 aromatic carbocycles. The number of rotatable bonds is 10. The molecule has 0 aliphatic carbocycles. The summed E-state index contributed by atoms with van der Waals surface area (Å²) in [5.74, 6) is -0.400. The number of hydrazone groups is 1. The van der Waals surface area contributed by atoms with E-state index in [4.69, 9.17) is 16.3 Å². The number of carbonyl (C=O) groups excluding carboxylic acids is 1. The average molecular weight is 585 g/mol. The second-order valence-electron chi connectivity index (χ2n) is 8.01. The van der Waals surface area contributed by atoms with E-state index < -0.39 is 49.8 Å². The second-order valence-corrected chi connectivity index (χ2v) is 10.3. The normalized spacial score (nSPS) is 11.8. The Morgan fingerprint density at radius 3 is 2.33 bits per heavy atom. The molecule has 1 N–H and O–H groups in total. The van der Waals surface area contributed by atoms with Gasteiger partial charge in [-0.2, -0.15) is 18.3 Å². The largest absolute Gasteiger partial charge is 0.489 e. The topological polar surface area (TPSA) is 131 Å². The Kier molecular flexibility index (Phi) is 9.14. The van der Waals surface area contributed by atoms with Crippen molar-refractivity contribution in [1.82, 2.24) is 5.43 Å². The van der Waals surface area contributed by atoms with Crippen LogP contribution in [0.2, 0.25) is 5.02 Å². The minimum atomic E-state index is -4.83. The predicted octanol–water partition coefficient (Wildman–Crippen LogP) is 4.76. The molecule has 0 unspecified atom stereocenters. The Labute approximate surface area is 225 Å². The zero-order valence-corrected chi connectivity index (χ0v) is 21.6. The zero-order chi connectivity index (χ0) is 28.8. The molecule has 0 heterocycles. The first-order valence-electron chi connectivity index (χ1n) is 10.9. The zero-order valence-electron chi connectivity index (χ0n) is 20.1. The first-order valence-corrected chi connectivity index (χ1v) is 13.1. The summed E-state index contributed by atoms with van der Waals surface area (Å²) < 4.78 is 70.0. The third-order valence-corrected chi connectivity index (χ3v) is 6.54. The van der Waals surface area contributed by atoms with Crippen LogP contribution in [0.5, 0.6) is 5.75 Å². The summed E-state index contributed by atoms with van der Waals surface area (Å²) in [6, 6.07) is 14.9. The Morgan fingerprint density at radius 2 is 1.77 bits per heavy atom. The van der Waals surface area contributed by atoms with E-state index in [0.717, 1.165) is 24.0 Å². The summed E-state index contributed by atoms with van der Waals surface area (Å²) >= 11 is 5.59. The van der Waals surface area contributed by atoms with Gasteiger partial charge in [0.1, 0.15) is 18.9 Å². The van der Waals surface area contributed by atoms with E-state index in [-0.39, 0.29) is 12.3 Å². The molecule has 0 atom stereocenters. The number of carbonyl (C=O) groups is 1. The van der Waals surface area contributed by atoms with Crippen LogP contribution in [0.3, 0.4) is 0 Å². The number of nitro groups is 1. The van der Waals surface area contributed by atoms with Gasteiger partial charge in [-0.3, -0.25) is 19.2 Å². The van der Waals surface area contributed by atoms with Gasteiger partial charge in [-0.15, -0.1) is 0 Å². The maximum atomic E-state index is 13.2. The number of amides is 1. The van der Waals surface area contributed by atoms with Crippen LogP contribution < -0.4 is 14.5 Å². The van der Waals surface area contributed by atoms with E-state index in [2.05, 4.69) is 10.5 Å². The highest BCUT2D eigenvalue weighted by atomic mass is 35.5. The van der Waals surface area contributed by atoms with Gasteiger partial charge >= 0.3 is 6.18 Å². The van der Waals surface area contributed by atoms with Crippen LogP contribution in [-0.4, -0.2) is 38.3 Å². The molecule has 39 heavy (non-hydrogen) atoms. The fourth-order valence-electron chi connectivity index (χ4n) is 3.16. The number of nitro benzene ring substituents is 1. The number of nitrogens with one attached hydrogen (secondary N) is 1. The Bertz CT molecular complexity index is 1480. The third-order valence-electron chi connectivity index (χ3n) is 5.07. The van der Waals surface area contributed by atoms with E-state index in [1.165, 1.54) is 18.3 Å². The quantitative estimate of drug-likeness (QED) is 0.208. The first kappa shape index (κ1) is 29.4. The number of hydrogen-bond acceptors (Lipinski definition) is 7. The number of nitrogens with zero attached hydrogens (tertiary/aromatic N) is 3. The number of ether oxygens (including phenoxy) is 1. The summed E-state index contributed by atoms with van der Waals surface area (Å²) in [6.07, 6.45) is -2.81. The Hall–Kier alpha value is -4.17. The van der Waals surface area contributed by atoms with Gasteiger partial charge in [-0.05, 0) is 65.7 Å². The number of benzene rings is 3. The summed E-state index contributed by atoms with van der Waals surface area (Å²) in [4.78, 5) is 22.5. The summed E-state index contributed by atoms with van der Waals surface area (Å²) in [6.45, 7) is -0.652. The van der Waals surface area contributed by atoms with Crippen molar-refractivity contribution in [2.75, 3.05) is 17.1 Å². The SMILES string of the molecule is CS(=O)(=O)N(CC(=O)N/N=C\c1ccc(OCc2ccc([N+](=O)[O-])cc2)cc1)c1ccc(Cl)c(C(F)(F)F)c1. The molecular weight excluding hydrogens is 565 g/mol. The van der Waals surface area contributed by atoms with Gasteiger partial charge in [-0.25, -0.2) is 13.8 Å². The molecule has 0 aromatic heterocycles. The predicted molar refractivity (Wildman–Crippen MR) is 138 cm³/mol.